The second-order valence-electron chi connectivity index (χ2n) is 15.8. The van der Waals surface area contributed by atoms with Crippen molar-refractivity contribution in [3.05, 3.63) is 46.5 Å². The van der Waals surface area contributed by atoms with Crippen LogP contribution in [0.25, 0.3) is 0 Å². The normalized spacial score (nSPS) is 40.9. The molecule has 5 aliphatic rings. The van der Waals surface area contributed by atoms with Gasteiger partial charge < -0.3 is 48.7 Å². The van der Waals surface area contributed by atoms with Crippen LogP contribution < -0.4 is 0 Å². The number of cyclic esters (lactones) is 1. The molecule has 12 atom stereocenters. The van der Waals surface area contributed by atoms with Crippen molar-refractivity contribution in [2.75, 3.05) is 20.3 Å². The number of aliphatic hydroxyl groups excluding tert-OH is 3. The average molecular weight is 716 g/mol. The number of hydrogen-bond acceptors (Lipinski definition) is 12. The molecule has 3 heterocycles. The van der Waals surface area contributed by atoms with Gasteiger partial charge in [-0.15, -0.1) is 0 Å². The zero-order valence-electron chi connectivity index (χ0n) is 30.6. The number of aromatic amines is 1. The lowest BCUT2D eigenvalue weighted by atomic mass is 9.38. The Labute approximate surface area is 298 Å². The van der Waals surface area contributed by atoms with E-state index in [2.05, 4.69) is 11.9 Å². The Kier molecular flexibility index (Phi) is 10.3. The first-order valence-electron chi connectivity index (χ1n) is 18.0. The molecule has 13 heteroatoms. The quantitative estimate of drug-likeness (QED) is 0.161. The standard InChI is InChI=1S/C38H53NO12/c1-19-8-12-25-36(5,31(19)30-32(42)35(45)51-34(30)44)15-14-26-37(25,6)27(41)16-28(50-22(4)40)38(26,18-48-33(43)23-10-9-20(2)39-23)17-47-29-13-11-24(46-7)21(3)49-29/h8-10,21,24-29,31,34,39,41-42,44H,11-18H2,1-7H3/t21?,24?,25-,26?,27-,28-,29?,31+,34?,36+,37+,38+/m1/s1. The molecule has 2 aliphatic heterocycles. The number of methoxy groups -OCH3 is 1. The molecule has 3 aliphatic carbocycles. The second kappa shape index (κ2) is 14.0. The van der Waals surface area contributed by atoms with Crippen LogP contribution in [0.2, 0.25) is 0 Å². The van der Waals surface area contributed by atoms with Crippen molar-refractivity contribution in [1.82, 2.24) is 4.98 Å². The van der Waals surface area contributed by atoms with E-state index in [9.17, 15) is 29.7 Å². The molecule has 0 amide bonds. The molecule has 3 fully saturated rings. The van der Waals surface area contributed by atoms with Crippen LogP contribution in [0.4, 0.5) is 0 Å². The molecule has 0 radical (unpaired) electrons. The minimum absolute atomic E-state index is 0.0126. The summed E-state index contributed by atoms with van der Waals surface area (Å²) < 4.78 is 35.6. The Morgan fingerprint density at radius 1 is 1.08 bits per heavy atom. The van der Waals surface area contributed by atoms with Gasteiger partial charge in [0.25, 0.3) is 0 Å². The highest BCUT2D eigenvalue weighted by atomic mass is 16.7. The summed E-state index contributed by atoms with van der Waals surface area (Å²) in [6.45, 7) is 11.0. The number of aryl methyl sites for hydroxylation is 1. The highest BCUT2D eigenvalue weighted by molar-refractivity contribution is 5.89. The van der Waals surface area contributed by atoms with E-state index in [1.165, 1.54) is 6.92 Å². The maximum absolute atomic E-state index is 13.5. The minimum Gasteiger partial charge on any atom is -0.502 e. The van der Waals surface area contributed by atoms with E-state index in [4.69, 9.17) is 28.4 Å². The summed E-state index contributed by atoms with van der Waals surface area (Å²) in [5.74, 6) is -3.84. The number of nitrogens with one attached hydrogen (secondary N) is 1. The van der Waals surface area contributed by atoms with Gasteiger partial charge in [0, 0.05) is 43.9 Å². The monoisotopic (exact) mass is 715 g/mol. The lowest BCUT2D eigenvalue weighted by Crippen LogP contribution is -2.69. The molecule has 282 valence electrons. The predicted octanol–water partition coefficient (Wildman–Crippen LogP) is 4.41. The summed E-state index contributed by atoms with van der Waals surface area (Å²) in [7, 11) is 1.65. The number of carbonyl (C=O) groups excluding carboxylic acids is 3. The fourth-order valence-electron chi connectivity index (χ4n) is 10.6. The number of ether oxygens (including phenoxy) is 6. The maximum atomic E-state index is 13.5. The summed E-state index contributed by atoms with van der Waals surface area (Å²) in [6.07, 6.45) is 0.680. The van der Waals surface area contributed by atoms with Gasteiger partial charge in [0.2, 0.25) is 12.0 Å². The fraction of sp³-hybridized carbons (Fsp3) is 0.711. The van der Waals surface area contributed by atoms with Crippen molar-refractivity contribution in [1.29, 1.82) is 0 Å². The van der Waals surface area contributed by atoms with E-state index in [1.54, 1.807) is 19.2 Å². The van der Waals surface area contributed by atoms with Crippen molar-refractivity contribution in [2.45, 2.75) is 117 Å². The third-order valence-electron chi connectivity index (χ3n) is 13.1. The Hall–Kier alpha value is -3.23. The van der Waals surface area contributed by atoms with Gasteiger partial charge in [-0.05, 0) is 75.8 Å². The van der Waals surface area contributed by atoms with Crippen LogP contribution in [0.3, 0.4) is 0 Å². The van der Waals surface area contributed by atoms with Gasteiger partial charge in [0.15, 0.2) is 6.29 Å². The first-order valence-corrected chi connectivity index (χ1v) is 18.0. The summed E-state index contributed by atoms with van der Waals surface area (Å²) in [5, 5.41) is 34.0. The Morgan fingerprint density at radius 2 is 1.82 bits per heavy atom. The molecular weight excluding hydrogens is 662 g/mol. The van der Waals surface area contributed by atoms with Crippen molar-refractivity contribution >= 4 is 17.9 Å². The topological polar surface area (TPSA) is 183 Å². The average Bonchev–Trinajstić information content (AvgIpc) is 3.61. The molecule has 0 aromatic carbocycles. The number of fused-ring (bicyclic) bond motifs is 3. The molecule has 1 aromatic heterocycles. The predicted molar refractivity (Wildman–Crippen MR) is 181 cm³/mol. The highest BCUT2D eigenvalue weighted by Crippen LogP contribution is 2.70. The SMILES string of the molecule is COC1CCC(OC[C@]2(COC(=O)c3ccc(C)[nH]3)C3CC[C@]4(C)[C@H](C5=C(O)C(=O)OC5O)C(C)=CC[C@H]4[C@]3(C)[C@H](O)C[C@H]2OC(C)=O)OC1C. The number of carbonyl (C=O) groups is 3. The van der Waals surface area contributed by atoms with Crippen molar-refractivity contribution in [2.24, 2.45) is 34.0 Å². The number of aromatic nitrogens is 1. The van der Waals surface area contributed by atoms with E-state index in [0.29, 0.717) is 25.7 Å². The van der Waals surface area contributed by atoms with Crippen LogP contribution in [0.1, 0.15) is 89.3 Å². The zero-order chi connectivity index (χ0) is 37.0. The summed E-state index contributed by atoms with van der Waals surface area (Å²) in [6, 6.07) is 3.44. The number of rotatable bonds is 9. The summed E-state index contributed by atoms with van der Waals surface area (Å²) in [5.41, 5.74) is -0.513. The van der Waals surface area contributed by atoms with Gasteiger partial charge in [-0.1, -0.05) is 25.5 Å². The van der Waals surface area contributed by atoms with Gasteiger partial charge in [-0.2, -0.15) is 0 Å². The van der Waals surface area contributed by atoms with Crippen LogP contribution >= 0.6 is 0 Å². The highest BCUT2D eigenvalue weighted by Gasteiger charge is 2.70. The largest absolute Gasteiger partial charge is 0.502 e. The first kappa shape index (κ1) is 37.5. The maximum Gasteiger partial charge on any atom is 0.376 e. The van der Waals surface area contributed by atoms with Gasteiger partial charge in [-0.3, -0.25) is 4.79 Å². The number of aliphatic hydroxyl groups is 3. The van der Waals surface area contributed by atoms with Gasteiger partial charge in [0.05, 0.1) is 35.9 Å². The number of hydrogen-bond donors (Lipinski definition) is 4. The molecule has 2 saturated carbocycles. The van der Waals surface area contributed by atoms with Crippen molar-refractivity contribution in [3.8, 4) is 0 Å². The molecule has 51 heavy (non-hydrogen) atoms. The third kappa shape index (κ3) is 6.32. The van der Waals surface area contributed by atoms with Crippen LogP contribution in [-0.2, 0) is 38.0 Å². The van der Waals surface area contributed by atoms with Gasteiger partial charge in [0.1, 0.15) is 18.4 Å². The van der Waals surface area contributed by atoms with E-state index >= 15 is 0 Å². The summed E-state index contributed by atoms with van der Waals surface area (Å²) in [4.78, 5) is 41.6. The Balaban J connectivity index is 1.42. The molecule has 0 spiro atoms. The molecule has 1 aromatic rings. The number of H-pyrrole nitrogens is 1. The van der Waals surface area contributed by atoms with Crippen LogP contribution in [0.5, 0.6) is 0 Å². The van der Waals surface area contributed by atoms with Gasteiger partial charge >= 0.3 is 17.9 Å². The summed E-state index contributed by atoms with van der Waals surface area (Å²) >= 11 is 0. The number of allylic oxidation sites excluding steroid dienone is 2. The molecule has 13 nitrogen and oxygen atoms in total. The van der Waals surface area contributed by atoms with Gasteiger partial charge in [-0.25, -0.2) is 9.59 Å². The van der Waals surface area contributed by atoms with Crippen LogP contribution in [0, 0.1) is 40.9 Å². The zero-order valence-corrected chi connectivity index (χ0v) is 30.6. The molecule has 4 N–H and O–H groups in total. The smallest absolute Gasteiger partial charge is 0.376 e. The second-order valence-corrected chi connectivity index (χ2v) is 15.8. The number of esters is 3. The van der Waals surface area contributed by atoms with Crippen LogP contribution in [-0.4, -0.2) is 95.5 Å². The van der Waals surface area contributed by atoms with Crippen molar-refractivity contribution in [3.63, 3.8) is 0 Å². The third-order valence-corrected chi connectivity index (χ3v) is 13.1. The lowest BCUT2D eigenvalue weighted by Gasteiger charge is -2.68. The molecular formula is C38H53NO12. The van der Waals surface area contributed by atoms with Crippen LogP contribution in [0.15, 0.2) is 35.1 Å². The lowest BCUT2D eigenvalue weighted by molar-refractivity contribution is -0.285. The van der Waals surface area contributed by atoms with E-state index in [0.717, 1.165) is 17.7 Å². The molecule has 5 unspecified atom stereocenters. The van der Waals surface area contributed by atoms with E-state index in [-0.39, 0.29) is 49.0 Å². The minimum atomic E-state index is -1.59. The van der Waals surface area contributed by atoms with Crippen molar-refractivity contribution < 1.29 is 58.1 Å². The van der Waals surface area contributed by atoms with E-state index in [1.807, 2.05) is 33.8 Å². The first-order chi connectivity index (χ1) is 24.1. The Morgan fingerprint density at radius 3 is 2.43 bits per heavy atom. The molecule has 0 bridgehead atoms. The Bertz CT molecular complexity index is 1580. The fourth-order valence-corrected chi connectivity index (χ4v) is 10.6. The molecule has 1 saturated heterocycles. The molecule has 6 rings (SSSR count). The van der Waals surface area contributed by atoms with E-state index < -0.39 is 76.5 Å².